The summed E-state index contributed by atoms with van der Waals surface area (Å²) in [5.74, 6) is 1.10. The summed E-state index contributed by atoms with van der Waals surface area (Å²) in [5.41, 5.74) is 3.28. The van der Waals surface area contributed by atoms with Crippen molar-refractivity contribution in [2.75, 3.05) is 5.32 Å². The van der Waals surface area contributed by atoms with Gasteiger partial charge < -0.3 is 5.32 Å². The summed E-state index contributed by atoms with van der Waals surface area (Å²) >= 11 is 4.97. The zero-order valence-corrected chi connectivity index (χ0v) is 17.1. The maximum Gasteiger partial charge on any atom is 0.253 e. The molecule has 0 aliphatic carbocycles. The van der Waals surface area contributed by atoms with Gasteiger partial charge in [-0.25, -0.2) is 9.50 Å². The molecule has 0 fully saturated rings. The number of aromatic nitrogens is 4. The van der Waals surface area contributed by atoms with Gasteiger partial charge in [0, 0.05) is 27.1 Å². The van der Waals surface area contributed by atoms with Gasteiger partial charge in [-0.1, -0.05) is 22.0 Å². The molecule has 6 nitrogen and oxygen atoms in total. The lowest BCUT2D eigenvalue weighted by molar-refractivity contribution is -0.115. The third-order valence-corrected chi connectivity index (χ3v) is 5.65. The number of fused-ring (bicyclic) bond motifs is 1. The number of anilines is 1. The largest absolute Gasteiger partial charge is 0.326 e. The molecule has 0 atom stereocenters. The maximum atomic E-state index is 12.5. The summed E-state index contributed by atoms with van der Waals surface area (Å²) in [5, 5.41) is 9.48. The van der Waals surface area contributed by atoms with E-state index in [1.165, 1.54) is 0 Å². The predicted molar refractivity (Wildman–Crippen MR) is 110 cm³/mol. The van der Waals surface area contributed by atoms with Crippen LogP contribution in [0.4, 0.5) is 5.69 Å². The van der Waals surface area contributed by atoms with Gasteiger partial charge in [-0.05, 0) is 49.6 Å². The van der Waals surface area contributed by atoms with E-state index in [1.54, 1.807) is 15.9 Å². The molecule has 4 aromatic rings. The third-order valence-electron chi connectivity index (χ3n) is 4.26. The van der Waals surface area contributed by atoms with Crippen LogP contribution in [-0.2, 0) is 11.2 Å². The van der Waals surface area contributed by atoms with Crippen LogP contribution in [0.25, 0.3) is 16.5 Å². The molecule has 0 unspecified atom stereocenters. The van der Waals surface area contributed by atoms with E-state index < -0.39 is 0 Å². The Hall–Kier alpha value is -2.58. The smallest absolute Gasteiger partial charge is 0.253 e. The summed E-state index contributed by atoms with van der Waals surface area (Å²) in [6, 6.07) is 11.4. The van der Waals surface area contributed by atoms with Crippen molar-refractivity contribution in [2.24, 2.45) is 0 Å². The summed E-state index contributed by atoms with van der Waals surface area (Å²) in [6.45, 7) is 3.84. The fourth-order valence-corrected chi connectivity index (χ4v) is 3.79. The molecule has 0 saturated carbocycles. The number of nitrogens with zero attached hydrogens (tertiary/aromatic N) is 4. The first-order valence-corrected chi connectivity index (χ1v) is 10.0. The average molecular weight is 442 g/mol. The number of benzene rings is 1. The lowest BCUT2D eigenvalue weighted by atomic mass is 10.1. The minimum absolute atomic E-state index is 0.0942. The Morgan fingerprint density at radius 2 is 1.96 bits per heavy atom. The van der Waals surface area contributed by atoms with Gasteiger partial charge in [0.05, 0.1) is 11.3 Å². The summed E-state index contributed by atoms with van der Waals surface area (Å²) < 4.78 is 2.68. The highest BCUT2D eigenvalue weighted by molar-refractivity contribution is 9.10. The van der Waals surface area contributed by atoms with Crippen LogP contribution < -0.4 is 5.32 Å². The third kappa shape index (κ3) is 3.63. The average Bonchev–Trinajstić information content (AvgIpc) is 3.30. The molecular formula is C19H16BrN5OS. The number of nitrogens with one attached hydrogen (secondary N) is 1. The SMILES string of the molecule is Cc1nc2nc(-c3cccs3)nn2c(C)c1CC(=O)Nc1ccc(Br)cc1. The molecule has 0 aliphatic heterocycles. The number of halogens is 1. The zero-order chi connectivity index (χ0) is 19.0. The van der Waals surface area contributed by atoms with E-state index in [1.807, 2.05) is 55.6 Å². The molecule has 0 saturated heterocycles. The van der Waals surface area contributed by atoms with Crippen molar-refractivity contribution in [2.45, 2.75) is 20.3 Å². The number of amides is 1. The van der Waals surface area contributed by atoms with Crippen molar-refractivity contribution < 1.29 is 4.79 Å². The number of rotatable bonds is 4. The van der Waals surface area contributed by atoms with E-state index in [9.17, 15) is 4.79 Å². The molecule has 0 bridgehead atoms. The minimum Gasteiger partial charge on any atom is -0.326 e. The molecule has 3 heterocycles. The van der Waals surface area contributed by atoms with Crippen molar-refractivity contribution in [1.82, 2.24) is 19.6 Å². The Labute approximate surface area is 168 Å². The zero-order valence-electron chi connectivity index (χ0n) is 14.7. The van der Waals surface area contributed by atoms with Gasteiger partial charge in [-0.15, -0.1) is 16.4 Å². The first-order valence-electron chi connectivity index (χ1n) is 8.33. The van der Waals surface area contributed by atoms with Crippen molar-refractivity contribution in [1.29, 1.82) is 0 Å². The van der Waals surface area contributed by atoms with Crippen LogP contribution in [-0.4, -0.2) is 25.5 Å². The second-order valence-electron chi connectivity index (χ2n) is 6.12. The van der Waals surface area contributed by atoms with Crippen LogP contribution in [0, 0.1) is 13.8 Å². The summed E-state index contributed by atoms with van der Waals surface area (Å²) in [6.07, 6.45) is 0.227. The molecule has 4 rings (SSSR count). The lowest BCUT2D eigenvalue weighted by Gasteiger charge is -2.11. The quantitative estimate of drug-likeness (QED) is 0.508. The molecule has 1 N–H and O–H groups in total. The van der Waals surface area contributed by atoms with E-state index in [2.05, 4.69) is 36.3 Å². The molecule has 8 heteroatoms. The highest BCUT2D eigenvalue weighted by Crippen LogP contribution is 2.23. The van der Waals surface area contributed by atoms with Crippen LogP contribution in [0.2, 0.25) is 0 Å². The summed E-state index contributed by atoms with van der Waals surface area (Å²) in [4.78, 5) is 22.6. The molecule has 0 spiro atoms. The lowest BCUT2D eigenvalue weighted by Crippen LogP contribution is -2.17. The van der Waals surface area contributed by atoms with Crippen molar-refractivity contribution >= 4 is 44.6 Å². The fourth-order valence-electron chi connectivity index (χ4n) is 2.87. The number of hydrogen-bond acceptors (Lipinski definition) is 5. The minimum atomic E-state index is -0.0942. The Bertz CT molecular complexity index is 1120. The number of carbonyl (C=O) groups is 1. The molecule has 27 heavy (non-hydrogen) atoms. The van der Waals surface area contributed by atoms with Crippen LogP contribution >= 0.6 is 27.3 Å². The number of thiophene rings is 1. The van der Waals surface area contributed by atoms with Gasteiger partial charge in [-0.3, -0.25) is 4.79 Å². The van der Waals surface area contributed by atoms with Crippen LogP contribution in [0.1, 0.15) is 17.0 Å². The number of aryl methyl sites for hydroxylation is 2. The van der Waals surface area contributed by atoms with E-state index in [-0.39, 0.29) is 12.3 Å². The normalized spacial score (nSPS) is 11.1. The predicted octanol–water partition coefficient (Wildman–Crippen LogP) is 4.41. The standard InChI is InChI=1S/C19H16BrN5OS/c1-11-15(10-17(26)22-14-7-5-13(20)6-8-14)12(2)25-19(21-11)23-18(24-25)16-4-3-9-27-16/h3-9H,10H2,1-2H3,(H,22,26). The first-order chi connectivity index (χ1) is 13.0. The highest BCUT2D eigenvalue weighted by atomic mass is 79.9. The Morgan fingerprint density at radius 1 is 1.19 bits per heavy atom. The van der Waals surface area contributed by atoms with Gasteiger partial charge >= 0.3 is 0 Å². The number of hydrogen-bond donors (Lipinski definition) is 1. The molecule has 0 radical (unpaired) electrons. The van der Waals surface area contributed by atoms with Gasteiger partial charge in [0.2, 0.25) is 5.91 Å². The molecule has 0 aliphatic rings. The Balaban J connectivity index is 1.63. The van der Waals surface area contributed by atoms with Crippen LogP contribution in [0.15, 0.2) is 46.3 Å². The first kappa shape index (κ1) is 17.8. The van der Waals surface area contributed by atoms with Gasteiger partial charge in [0.1, 0.15) is 0 Å². The molecule has 3 aromatic heterocycles. The second-order valence-corrected chi connectivity index (χ2v) is 7.98. The van der Waals surface area contributed by atoms with Gasteiger partial charge in [-0.2, -0.15) is 4.98 Å². The van der Waals surface area contributed by atoms with Crippen LogP contribution in [0.3, 0.4) is 0 Å². The van der Waals surface area contributed by atoms with Crippen molar-refractivity contribution in [3.63, 3.8) is 0 Å². The molecule has 136 valence electrons. The monoisotopic (exact) mass is 441 g/mol. The van der Waals surface area contributed by atoms with Crippen molar-refractivity contribution in [3.8, 4) is 10.7 Å². The fraction of sp³-hybridized carbons (Fsp3) is 0.158. The summed E-state index contributed by atoms with van der Waals surface area (Å²) in [7, 11) is 0. The van der Waals surface area contributed by atoms with Crippen LogP contribution in [0.5, 0.6) is 0 Å². The molecule has 1 aromatic carbocycles. The van der Waals surface area contributed by atoms with E-state index in [0.29, 0.717) is 11.6 Å². The van der Waals surface area contributed by atoms with E-state index in [4.69, 9.17) is 0 Å². The van der Waals surface area contributed by atoms with E-state index >= 15 is 0 Å². The van der Waals surface area contributed by atoms with Gasteiger partial charge in [0.15, 0.2) is 5.82 Å². The van der Waals surface area contributed by atoms with E-state index in [0.717, 1.165) is 32.0 Å². The maximum absolute atomic E-state index is 12.5. The number of carbonyl (C=O) groups excluding carboxylic acids is 1. The topological polar surface area (TPSA) is 72.2 Å². The molecular weight excluding hydrogens is 426 g/mol. The second kappa shape index (κ2) is 7.21. The Morgan fingerprint density at radius 3 is 2.67 bits per heavy atom. The Kier molecular flexibility index (Phi) is 4.75. The molecule has 1 amide bonds. The van der Waals surface area contributed by atoms with Crippen molar-refractivity contribution in [3.05, 3.63) is 63.2 Å². The highest BCUT2D eigenvalue weighted by Gasteiger charge is 2.17. The van der Waals surface area contributed by atoms with Gasteiger partial charge in [0.25, 0.3) is 5.78 Å².